The number of anilines is 3. The Balaban J connectivity index is 1.45. The lowest BCUT2D eigenvalue weighted by atomic mass is 10.2. The topological polar surface area (TPSA) is 67.4 Å². The van der Waals surface area contributed by atoms with Crippen molar-refractivity contribution in [2.24, 2.45) is 0 Å². The van der Waals surface area contributed by atoms with Crippen LogP contribution in [0.3, 0.4) is 0 Å². The van der Waals surface area contributed by atoms with E-state index in [1.165, 1.54) is 5.69 Å². The Morgan fingerprint density at radius 2 is 1.77 bits per heavy atom. The van der Waals surface area contributed by atoms with Crippen molar-refractivity contribution in [3.8, 4) is 0 Å². The van der Waals surface area contributed by atoms with Crippen LogP contribution in [0, 0.1) is 6.92 Å². The molecule has 154 valence electrons. The number of benzene rings is 2. The first-order chi connectivity index (χ1) is 14.6. The number of morpholine rings is 1. The van der Waals surface area contributed by atoms with Gasteiger partial charge in [-0.2, -0.15) is 0 Å². The minimum Gasteiger partial charge on any atom is -0.378 e. The van der Waals surface area contributed by atoms with Gasteiger partial charge in [0, 0.05) is 46.7 Å². The number of aromatic nitrogens is 2. The first kappa shape index (κ1) is 20.4. The lowest BCUT2D eigenvalue weighted by Crippen LogP contribution is -2.36. The van der Waals surface area contributed by atoms with Crippen LogP contribution in [0.25, 0.3) is 0 Å². The van der Waals surface area contributed by atoms with Gasteiger partial charge in [0.1, 0.15) is 5.03 Å². The zero-order chi connectivity index (χ0) is 20.9. The summed E-state index contributed by atoms with van der Waals surface area (Å²) in [4.78, 5) is 23.9. The molecule has 0 spiro atoms. The third kappa shape index (κ3) is 4.98. The number of rotatable bonds is 6. The molecule has 1 aliphatic heterocycles. The Hall–Kier alpha value is -2.90. The first-order valence-corrected chi connectivity index (χ1v) is 10.7. The largest absolute Gasteiger partial charge is 0.378 e. The van der Waals surface area contributed by atoms with Crippen LogP contribution in [-0.4, -0.2) is 42.1 Å². The van der Waals surface area contributed by atoms with E-state index in [9.17, 15) is 4.79 Å². The smallest absolute Gasteiger partial charge is 0.228 e. The van der Waals surface area contributed by atoms with Crippen molar-refractivity contribution in [1.82, 2.24) is 9.97 Å². The standard InChI is InChI=1S/C23H24N4O2S/c1-16-15-24-23(26-22(16)30-21-9-3-18(4-10-21)17(2)28)25-19-5-7-20(8-6-19)27-11-13-29-14-12-27/h3-10,15H,11-14H2,1-2H3,(H,24,25,26). The molecular weight excluding hydrogens is 396 g/mol. The van der Waals surface area contributed by atoms with Gasteiger partial charge in [-0.25, -0.2) is 9.97 Å². The van der Waals surface area contributed by atoms with Crippen molar-refractivity contribution < 1.29 is 9.53 Å². The van der Waals surface area contributed by atoms with Crippen molar-refractivity contribution in [3.63, 3.8) is 0 Å². The number of aryl methyl sites for hydroxylation is 1. The summed E-state index contributed by atoms with van der Waals surface area (Å²) in [5.41, 5.74) is 3.85. The number of hydrogen-bond acceptors (Lipinski definition) is 7. The quantitative estimate of drug-likeness (QED) is 0.457. The molecule has 1 saturated heterocycles. The molecule has 4 rings (SSSR count). The summed E-state index contributed by atoms with van der Waals surface area (Å²) in [6.45, 7) is 6.95. The average Bonchev–Trinajstić information content (AvgIpc) is 2.77. The molecule has 2 heterocycles. The molecule has 7 heteroatoms. The molecule has 0 aliphatic carbocycles. The lowest BCUT2D eigenvalue weighted by molar-refractivity contribution is 0.101. The van der Waals surface area contributed by atoms with Crippen molar-refractivity contribution in [2.45, 2.75) is 23.8 Å². The number of nitrogens with one attached hydrogen (secondary N) is 1. The van der Waals surface area contributed by atoms with Gasteiger partial charge >= 0.3 is 0 Å². The molecule has 0 unspecified atom stereocenters. The van der Waals surface area contributed by atoms with Crippen molar-refractivity contribution in [3.05, 3.63) is 65.9 Å². The van der Waals surface area contributed by atoms with Crippen LogP contribution in [-0.2, 0) is 4.74 Å². The van der Waals surface area contributed by atoms with Crippen LogP contribution in [0.5, 0.6) is 0 Å². The molecule has 30 heavy (non-hydrogen) atoms. The normalized spacial score (nSPS) is 13.9. The maximum Gasteiger partial charge on any atom is 0.228 e. The minimum atomic E-state index is 0.0656. The number of nitrogens with zero attached hydrogens (tertiary/aromatic N) is 3. The Bertz CT molecular complexity index is 1020. The molecule has 6 nitrogen and oxygen atoms in total. The second-order valence-corrected chi connectivity index (χ2v) is 8.20. The van der Waals surface area contributed by atoms with Gasteiger partial charge in [-0.3, -0.25) is 4.79 Å². The van der Waals surface area contributed by atoms with Gasteiger partial charge < -0.3 is 15.0 Å². The van der Waals surface area contributed by atoms with Crippen LogP contribution in [0.4, 0.5) is 17.3 Å². The molecule has 2 aromatic carbocycles. The van der Waals surface area contributed by atoms with Gasteiger partial charge in [-0.05, 0) is 50.2 Å². The highest BCUT2D eigenvalue weighted by Gasteiger charge is 2.11. The van der Waals surface area contributed by atoms with Crippen LogP contribution < -0.4 is 10.2 Å². The predicted molar refractivity (Wildman–Crippen MR) is 120 cm³/mol. The van der Waals surface area contributed by atoms with E-state index < -0.39 is 0 Å². The van der Waals surface area contributed by atoms with Crippen LogP contribution in [0.2, 0.25) is 0 Å². The number of ether oxygens (including phenoxy) is 1. The molecule has 0 bridgehead atoms. The van der Waals surface area contributed by atoms with Gasteiger partial charge in [0.15, 0.2) is 5.78 Å². The van der Waals surface area contributed by atoms with E-state index in [1.807, 2.05) is 49.5 Å². The summed E-state index contributed by atoms with van der Waals surface area (Å²) in [6.07, 6.45) is 1.82. The minimum absolute atomic E-state index is 0.0656. The van der Waals surface area contributed by atoms with Gasteiger partial charge in [0.2, 0.25) is 5.95 Å². The monoisotopic (exact) mass is 420 g/mol. The number of ketones is 1. The Kier molecular flexibility index (Phi) is 6.30. The van der Waals surface area contributed by atoms with E-state index in [0.717, 1.165) is 47.5 Å². The van der Waals surface area contributed by atoms with Gasteiger partial charge in [0.25, 0.3) is 0 Å². The third-order valence-corrected chi connectivity index (χ3v) is 6.01. The highest BCUT2D eigenvalue weighted by atomic mass is 32.2. The Morgan fingerprint density at radius 1 is 1.07 bits per heavy atom. The average molecular weight is 421 g/mol. The molecule has 1 aliphatic rings. The lowest BCUT2D eigenvalue weighted by Gasteiger charge is -2.28. The van der Waals surface area contributed by atoms with Gasteiger partial charge in [-0.15, -0.1) is 0 Å². The van der Waals surface area contributed by atoms with Crippen molar-refractivity contribution >= 4 is 34.9 Å². The maximum atomic E-state index is 11.5. The number of carbonyl (C=O) groups is 1. The molecule has 0 saturated carbocycles. The van der Waals surface area contributed by atoms with E-state index in [2.05, 4.69) is 32.3 Å². The van der Waals surface area contributed by atoms with Crippen molar-refractivity contribution in [2.75, 3.05) is 36.5 Å². The SMILES string of the molecule is CC(=O)c1ccc(Sc2nc(Nc3ccc(N4CCOCC4)cc3)ncc2C)cc1. The molecule has 0 radical (unpaired) electrons. The van der Waals surface area contributed by atoms with E-state index in [4.69, 9.17) is 4.74 Å². The zero-order valence-corrected chi connectivity index (χ0v) is 17.9. The summed E-state index contributed by atoms with van der Waals surface area (Å²) in [7, 11) is 0. The van der Waals surface area contributed by atoms with Crippen LogP contribution in [0.15, 0.2) is 64.6 Å². The number of Topliss-reactive ketones (excluding diaryl/α,β-unsaturated/α-hetero) is 1. The van der Waals surface area contributed by atoms with Gasteiger partial charge in [0.05, 0.1) is 13.2 Å². The zero-order valence-electron chi connectivity index (χ0n) is 17.1. The van der Waals surface area contributed by atoms with E-state index in [1.54, 1.807) is 18.7 Å². The number of carbonyl (C=O) groups excluding carboxylic acids is 1. The highest BCUT2D eigenvalue weighted by molar-refractivity contribution is 7.99. The molecule has 0 atom stereocenters. The molecule has 1 N–H and O–H groups in total. The van der Waals surface area contributed by atoms with E-state index in [0.29, 0.717) is 11.5 Å². The predicted octanol–water partition coefficient (Wildman–Crippen LogP) is 4.72. The van der Waals surface area contributed by atoms with Crippen LogP contribution >= 0.6 is 11.8 Å². The first-order valence-electron chi connectivity index (χ1n) is 9.91. The molecular formula is C23H24N4O2S. The number of hydrogen-bond donors (Lipinski definition) is 1. The molecule has 1 aromatic heterocycles. The molecule has 1 fully saturated rings. The summed E-state index contributed by atoms with van der Waals surface area (Å²) >= 11 is 1.56. The summed E-state index contributed by atoms with van der Waals surface area (Å²) in [5, 5.41) is 4.17. The molecule has 0 amide bonds. The van der Waals surface area contributed by atoms with Crippen molar-refractivity contribution in [1.29, 1.82) is 0 Å². The molecule has 3 aromatic rings. The second kappa shape index (κ2) is 9.28. The van der Waals surface area contributed by atoms with E-state index in [-0.39, 0.29) is 5.78 Å². The fourth-order valence-corrected chi connectivity index (χ4v) is 4.01. The Labute approximate surface area is 180 Å². The third-order valence-electron chi connectivity index (χ3n) is 4.90. The van der Waals surface area contributed by atoms with Crippen LogP contribution in [0.1, 0.15) is 22.8 Å². The second-order valence-electron chi connectivity index (χ2n) is 7.14. The summed E-state index contributed by atoms with van der Waals surface area (Å²) in [6, 6.07) is 15.9. The Morgan fingerprint density at radius 3 is 2.43 bits per heavy atom. The maximum absolute atomic E-state index is 11.5. The fourth-order valence-electron chi connectivity index (χ4n) is 3.17. The van der Waals surface area contributed by atoms with Gasteiger partial charge in [-0.1, -0.05) is 23.9 Å². The summed E-state index contributed by atoms with van der Waals surface area (Å²) < 4.78 is 5.42. The van der Waals surface area contributed by atoms with E-state index >= 15 is 0 Å². The highest BCUT2D eigenvalue weighted by Crippen LogP contribution is 2.30. The fraction of sp³-hybridized carbons (Fsp3) is 0.261. The summed E-state index contributed by atoms with van der Waals surface area (Å²) in [5.74, 6) is 0.624.